The van der Waals surface area contributed by atoms with Gasteiger partial charge >= 0.3 is 12.0 Å². The Morgan fingerprint density at radius 2 is 2.12 bits per heavy atom. The molecule has 0 saturated carbocycles. The molecule has 0 unspecified atom stereocenters. The number of hydrogen-bond acceptors (Lipinski definition) is 5. The van der Waals surface area contributed by atoms with Crippen molar-refractivity contribution in [3.8, 4) is 0 Å². The van der Waals surface area contributed by atoms with Crippen molar-refractivity contribution >= 4 is 36.4 Å². The molecule has 1 aliphatic rings. The number of imide groups is 1. The number of aliphatic carboxylic acids is 1. The number of carbonyl (C=O) groups excluding carboxylic acids is 3. The second kappa shape index (κ2) is 7.49. The highest BCUT2D eigenvalue weighted by Gasteiger charge is 2.15. The number of hydrogen-bond donors (Lipinski definition) is 5. The summed E-state index contributed by atoms with van der Waals surface area (Å²) in [5.74, 6) is -1.58. The van der Waals surface area contributed by atoms with Crippen LogP contribution in [0.15, 0.2) is 0 Å². The molecular formula is C8H13N3O5S. The van der Waals surface area contributed by atoms with Crippen LogP contribution in [0.25, 0.3) is 0 Å². The van der Waals surface area contributed by atoms with E-state index in [1.165, 1.54) is 6.92 Å². The van der Waals surface area contributed by atoms with Crippen molar-refractivity contribution in [1.82, 2.24) is 16.0 Å². The van der Waals surface area contributed by atoms with E-state index in [-0.39, 0.29) is 24.1 Å². The predicted octanol–water partition coefficient (Wildman–Crippen LogP) is -1.67. The number of nitrogens with one attached hydrogen (secondary N) is 3. The molecule has 1 saturated heterocycles. The monoisotopic (exact) mass is 263 g/mol. The average Bonchev–Trinajstić information content (AvgIpc) is 2.59. The van der Waals surface area contributed by atoms with E-state index in [2.05, 4.69) is 23.3 Å². The maximum absolute atomic E-state index is 10.3. The van der Waals surface area contributed by atoms with Gasteiger partial charge in [-0.15, -0.1) is 0 Å². The van der Waals surface area contributed by atoms with Crippen molar-refractivity contribution < 1.29 is 24.3 Å². The Hall–Kier alpha value is -1.77. The maximum Gasteiger partial charge on any atom is 0.327 e. The molecule has 1 heterocycles. The molecule has 1 rings (SSSR count). The molecule has 4 amide bonds. The molecule has 0 aromatic heterocycles. The highest BCUT2D eigenvalue weighted by molar-refractivity contribution is 7.80. The Labute approximate surface area is 103 Å². The van der Waals surface area contributed by atoms with Gasteiger partial charge in [-0.2, -0.15) is 12.6 Å². The molecule has 0 spiro atoms. The SMILES string of the molecule is CC(=O)N[C@H](CS)C(=O)O.O=C1CNC(=O)N1. The molecule has 0 bridgehead atoms. The molecule has 8 nitrogen and oxygen atoms in total. The molecule has 17 heavy (non-hydrogen) atoms. The first-order valence-corrected chi connectivity index (χ1v) is 5.18. The van der Waals surface area contributed by atoms with Gasteiger partial charge in [-0.05, 0) is 0 Å². The van der Waals surface area contributed by atoms with Crippen LogP contribution in [-0.2, 0) is 14.4 Å². The normalized spacial score (nSPS) is 14.9. The summed E-state index contributed by atoms with van der Waals surface area (Å²) in [6.45, 7) is 1.39. The highest BCUT2D eigenvalue weighted by atomic mass is 32.1. The largest absolute Gasteiger partial charge is 0.480 e. The van der Waals surface area contributed by atoms with Crippen LogP contribution in [0.1, 0.15) is 6.92 Å². The number of carboxylic acid groups (broad SMARTS) is 1. The van der Waals surface area contributed by atoms with Crippen molar-refractivity contribution in [3.05, 3.63) is 0 Å². The van der Waals surface area contributed by atoms with Crippen molar-refractivity contribution in [2.24, 2.45) is 0 Å². The molecule has 4 N–H and O–H groups in total. The van der Waals surface area contributed by atoms with Gasteiger partial charge in [0.2, 0.25) is 11.8 Å². The zero-order valence-corrected chi connectivity index (χ0v) is 9.91. The zero-order chi connectivity index (χ0) is 13.4. The van der Waals surface area contributed by atoms with Gasteiger partial charge in [-0.25, -0.2) is 9.59 Å². The first kappa shape index (κ1) is 15.2. The lowest BCUT2D eigenvalue weighted by atomic mass is 10.3. The number of amides is 4. The van der Waals surface area contributed by atoms with Crippen LogP contribution in [0.5, 0.6) is 0 Å². The third-order valence-electron chi connectivity index (χ3n) is 1.52. The molecule has 0 aromatic carbocycles. The van der Waals surface area contributed by atoms with Gasteiger partial charge in [0.25, 0.3) is 0 Å². The van der Waals surface area contributed by atoms with Crippen LogP contribution in [-0.4, -0.2) is 47.3 Å². The smallest absolute Gasteiger partial charge is 0.327 e. The molecule has 96 valence electrons. The van der Waals surface area contributed by atoms with E-state index >= 15 is 0 Å². The topological polar surface area (TPSA) is 125 Å². The fourth-order valence-electron chi connectivity index (χ4n) is 0.806. The first-order chi connectivity index (χ1) is 7.86. The maximum atomic E-state index is 10.3. The summed E-state index contributed by atoms with van der Waals surface area (Å²) < 4.78 is 0. The van der Waals surface area contributed by atoms with Crippen molar-refractivity contribution in [2.75, 3.05) is 12.3 Å². The minimum atomic E-state index is -1.06. The van der Waals surface area contributed by atoms with Gasteiger partial charge in [0, 0.05) is 12.7 Å². The van der Waals surface area contributed by atoms with Gasteiger partial charge in [-0.1, -0.05) is 0 Å². The van der Waals surface area contributed by atoms with Crippen LogP contribution in [0.2, 0.25) is 0 Å². The summed E-state index contributed by atoms with van der Waals surface area (Å²) in [4.78, 5) is 40.6. The quantitative estimate of drug-likeness (QED) is 0.307. The van der Waals surface area contributed by atoms with E-state index in [0.29, 0.717) is 0 Å². The molecule has 1 fully saturated rings. The summed E-state index contributed by atoms with van der Waals surface area (Å²) >= 11 is 3.73. The second-order valence-electron chi connectivity index (χ2n) is 3.00. The van der Waals surface area contributed by atoms with Gasteiger partial charge < -0.3 is 15.7 Å². The van der Waals surface area contributed by atoms with Crippen molar-refractivity contribution in [1.29, 1.82) is 0 Å². The van der Waals surface area contributed by atoms with E-state index in [0.717, 1.165) is 0 Å². The third-order valence-corrected chi connectivity index (χ3v) is 1.89. The third kappa shape index (κ3) is 7.17. The number of carboxylic acids is 1. The first-order valence-electron chi connectivity index (χ1n) is 4.55. The zero-order valence-electron chi connectivity index (χ0n) is 9.02. The molecule has 0 radical (unpaired) electrons. The number of urea groups is 1. The van der Waals surface area contributed by atoms with Crippen LogP contribution in [0, 0.1) is 0 Å². The number of carbonyl (C=O) groups is 4. The van der Waals surface area contributed by atoms with Crippen LogP contribution < -0.4 is 16.0 Å². The van der Waals surface area contributed by atoms with Crippen molar-refractivity contribution in [3.63, 3.8) is 0 Å². The minimum Gasteiger partial charge on any atom is -0.480 e. The number of rotatable bonds is 3. The Bertz CT molecular complexity index is 319. The fourth-order valence-corrected chi connectivity index (χ4v) is 1.05. The van der Waals surface area contributed by atoms with Gasteiger partial charge in [-0.3, -0.25) is 14.9 Å². The summed E-state index contributed by atoms with van der Waals surface area (Å²) in [6.07, 6.45) is 0. The summed E-state index contributed by atoms with van der Waals surface area (Å²) in [7, 11) is 0. The Morgan fingerprint density at radius 1 is 1.53 bits per heavy atom. The van der Waals surface area contributed by atoms with E-state index in [4.69, 9.17) is 5.11 Å². The Morgan fingerprint density at radius 3 is 2.24 bits per heavy atom. The molecule has 0 aliphatic carbocycles. The summed E-state index contributed by atoms with van der Waals surface area (Å²) in [5, 5.41) is 14.9. The van der Waals surface area contributed by atoms with E-state index < -0.39 is 18.0 Å². The molecule has 9 heteroatoms. The second-order valence-corrected chi connectivity index (χ2v) is 3.37. The Kier molecular flexibility index (Phi) is 6.71. The van der Waals surface area contributed by atoms with Crippen LogP contribution in [0.3, 0.4) is 0 Å². The van der Waals surface area contributed by atoms with E-state index in [1.54, 1.807) is 0 Å². The molecule has 0 aromatic rings. The van der Waals surface area contributed by atoms with Crippen LogP contribution >= 0.6 is 12.6 Å². The van der Waals surface area contributed by atoms with Crippen molar-refractivity contribution in [2.45, 2.75) is 13.0 Å². The minimum absolute atomic E-state index is 0.106. The number of thiol groups is 1. The molecule has 1 atom stereocenters. The lowest BCUT2D eigenvalue weighted by Crippen LogP contribution is -2.40. The van der Waals surface area contributed by atoms with Gasteiger partial charge in [0.05, 0.1) is 6.54 Å². The average molecular weight is 263 g/mol. The summed E-state index contributed by atoms with van der Waals surface area (Å²) in [5.41, 5.74) is 0. The lowest BCUT2D eigenvalue weighted by molar-refractivity contribution is -0.140. The highest BCUT2D eigenvalue weighted by Crippen LogP contribution is 1.86. The van der Waals surface area contributed by atoms with Gasteiger partial charge in [0.1, 0.15) is 6.04 Å². The summed E-state index contributed by atoms with van der Waals surface area (Å²) in [6, 6.07) is -1.27. The molecular weight excluding hydrogens is 250 g/mol. The van der Waals surface area contributed by atoms with E-state index in [1.807, 2.05) is 5.32 Å². The predicted molar refractivity (Wildman–Crippen MR) is 60.6 cm³/mol. The fraction of sp³-hybridized carbons (Fsp3) is 0.500. The lowest BCUT2D eigenvalue weighted by Gasteiger charge is -2.08. The van der Waals surface area contributed by atoms with Crippen LogP contribution in [0.4, 0.5) is 4.79 Å². The van der Waals surface area contributed by atoms with E-state index in [9.17, 15) is 19.2 Å². The van der Waals surface area contributed by atoms with Gasteiger partial charge in [0.15, 0.2) is 0 Å². The Balaban J connectivity index is 0.000000318. The standard InChI is InChI=1S/C5H9NO3S.C3H4N2O2/c1-3(7)6-4(2-10)5(8)9;6-2-1-4-3(7)5-2/h4,10H,2H2,1H3,(H,6,7)(H,8,9);1H2,(H2,4,5,6,7)/t4-;/m1./s1. The molecule has 1 aliphatic heterocycles.